The molecule has 6 heteroatoms. The summed E-state index contributed by atoms with van der Waals surface area (Å²) in [7, 11) is 0. The number of aryl methyl sites for hydroxylation is 1. The molecule has 0 fully saturated rings. The third-order valence-electron chi connectivity index (χ3n) is 4.16. The number of hydrogen-bond acceptors (Lipinski definition) is 3. The van der Waals surface area contributed by atoms with Crippen LogP contribution in [0, 0.1) is 12.7 Å². The van der Waals surface area contributed by atoms with E-state index in [1.165, 1.54) is 29.3 Å². The van der Waals surface area contributed by atoms with Crippen LogP contribution < -0.4 is 0 Å². The first kappa shape index (κ1) is 20.1. The van der Waals surface area contributed by atoms with Crippen LogP contribution in [0.4, 0.5) is 9.18 Å². The number of amides is 1. The lowest BCUT2D eigenvalue weighted by molar-refractivity contribution is -0.116. The Kier molecular flexibility index (Phi) is 6.94. The standard InChI is InChI=1S/C20H18FNO3.Mg/c1-14-11-16(21)7-8-18(14)19-12-17(23)9-10-22(19)20(24)25-13-15-5-3-2-4-6-15;/h2-11,19H,12-13H2,1H3;. The number of hydrogen-bond donors (Lipinski definition) is 0. The van der Waals surface area contributed by atoms with E-state index >= 15 is 0 Å². The smallest absolute Gasteiger partial charge is 0.414 e. The van der Waals surface area contributed by atoms with Gasteiger partial charge in [-0.2, -0.15) is 0 Å². The second-order valence-electron chi connectivity index (χ2n) is 5.95. The van der Waals surface area contributed by atoms with Gasteiger partial charge in [-0.25, -0.2) is 9.18 Å². The monoisotopic (exact) mass is 363 g/mol. The molecule has 1 atom stereocenters. The molecule has 0 spiro atoms. The quantitative estimate of drug-likeness (QED) is 0.777. The van der Waals surface area contributed by atoms with E-state index in [-0.39, 0.29) is 47.7 Å². The average Bonchev–Trinajstić information content (AvgIpc) is 2.60. The molecule has 0 aliphatic carbocycles. The van der Waals surface area contributed by atoms with Gasteiger partial charge < -0.3 is 4.74 Å². The molecule has 0 saturated carbocycles. The van der Waals surface area contributed by atoms with E-state index in [4.69, 9.17) is 4.74 Å². The molecule has 0 saturated heterocycles. The van der Waals surface area contributed by atoms with Gasteiger partial charge in [0.1, 0.15) is 12.4 Å². The van der Waals surface area contributed by atoms with Gasteiger partial charge in [-0.05, 0) is 41.8 Å². The number of rotatable bonds is 3. The molecule has 0 N–H and O–H groups in total. The highest BCUT2D eigenvalue weighted by molar-refractivity contribution is 5.92. The van der Waals surface area contributed by atoms with Crippen LogP contribution in [0.2, 0.25) is 0 Å². The Morgan fingerprint density at radius 3 is 2.65 bits per heavy atom. The second-order valence-corrected chi connectivity index (χ2v) is 5.95. The third-order valence-corrected chi connectivity index (χ3v) is 4.16. The Balaban J connectivity index is 0.00000243. The molecule has 0 bridgehead atoms. The van der Waals surface area contributed by atoms with Gasteiger partial charge in [0.15, 0.2) is 5.78 Å². The first-order valence-electron chi connectivity index (χ1n) is 8.00. The van der Waals surface area contributed by atoms with Crippen LogP contribution in [-0.4, -0.2) is 39.8 Å². The minimum atomic E-state index is -0.540. The SMILES string of the molecule is Cc1cc(F)ccc1C1CC(=O)C=CN1C(=O)OCc1ccccc1.[Mg]. The van der Waals surface area contributed by atoms with Gasteiger partial charge in [-0.3, -0.25) is 9.69 Å². The zero-order valence-electron chi connectivity index (χ0n) is 14.5. The summed E-state index contributed by atoms with van der Waals surface area (Å²) in [6, 6.07) is 13.2. The predicted octanol–water partition coefficient (Wildman–Crippen LogP) is 3.92. The Bertz CT molecular complexity index is 823. The minimum Gasteiger partial charge on any atom is -0.444 e. The summed E-state index contributed by atoms with van der Waals surface area (Å²) in [5, 5.41) is 0. The zero-order valence-corrected chi connectivity index (χ0v) is 15.9. The van der Waals surface area contributed by atoms with Crippen LogP contribution in [0.3, 0.4) is 0 Å². The van der Waals surface area contributed by atoms with Crippen molar-refractivity contribution in [2.75, 3.05) is 0 Å². The molecule has 4 nitrogen and oxygen atoms in total. The van der Waals surface area contributed by atoms with Crippen molar-refractivity contribution in [2.45, 2.75) is 26.0 Å². The van der Waals surface area contributed by atoms with Crippen LogP contribution in [-0.2, 0) is 16.1 Å². The molecule has 1 aliphatic heterocycles. The maximum absolute atomic E-state index is 13.4. The number of ketones is 1. The number of halogens is 1. The van der Waals surface area contributed by atoms with Gasteiger partial charge in [0.05, 0.1) is 6.04 Å². The van der Waals surface area contributed by atoms with Gasteiger partial charge in [0.2, 0.25) is 0 Å². The van der Waals surface area contributed by atoms with Crippen molar-refractivity contribution in [1.82, 2.24) is 4.90 Å². The molecule has 2 aromatic carbocycles. The highest BCUT2D eigenvalue weighted by Crippen LogP contribution is 2.31. The molecule has 2 aromatic rings. The van der Waals surface area contributed by atoms with Gasteiger partial charge in [0, 0.05) is 35.7 Å². The number of carbonyl (C=O) groups is 2. The van der Waals surface area contributed by atoms with Crippen molar-refractivity contribution < 1.29 is 18.7 Å². The lowest BCUT2D eigenvalue weighted by Gasteiger charge is -2.31. The van der Waals surface area contributed by atoms with Crippen LogP contribution in [0.15, 0.2) is 60.8 Å². The number of benzene rings is 2. The van der Waals surface area contributed by atoms with E-state index in [1.807, 2.05) is 30.3 Å². The van der Waals surface area contributed by atoms with E-state index in [9.17, 15) is 14.0 Å². The average molecular weight is 364 g/mol. The van der Waals surface area contributed by atoms with Gasteiger partial charge in [0.25, 0.3) is 0 Å². The summed E-state index contributed by atoms with van der Waals surface area (Å²) in [5.41, 5.74) is 2.30. The lowest BCUT2D eigenvalue weighted by atomic mass is 9.94. The van der Waals surface area contributed by atoms with Crippen LogP contribution in [0.25, 0.3) is 0 Å². The Morgan fingerprint density at radius 1 is 1.23 bits per heavy atom. The molecule has 26 heavy (non-hydrogen) atoms. The minimum absolute atomic E-state index is 0. The van der Waals surface area contributed by atoms with Crippen molar-refractivity contribution in [3.63, 3.8) is 0 Å². The molecular formula is C20H18FMgNO3. The van der Waals surface area contributed by atoms with Gasteiger partial charge >= 0.3 is 6.09 Å². The second kappa shape index (κ2) is 8.96. The molecule has 2 radical (unpaired) electrons. The summed E-state index contributed by atoms with van der Waals surface area (Å²) < 4.78 is 18.7. The van der Waals surface area contributed by atoms with E-state index < -0.39 is 12.1 Å². The molecule has 1 amide bonds. The highest BCUT2D eigenvalue weighted by atomic mass is 24.3. The first-order valence-corrected chi connectivity index (χ1v) is 8.00. The summed E-state index contributed by atoms with van der Waals surface area (Å²) in [6.07, 6.45) is 2.40. The highest BCUT2D eigenvalue weighted by Gasteiger charge is 2.30. The first-order chi connectivity index (χ1) is 12.0. The Hall–Kier alpha value is -2.18. The molecule has 0 aromatic heterocycles. The molecule has 1 heterocycles. The van der Waals surface area contributed by atoms with Gasteiger partial charge in [-0.15, -0.1) is 0 Å². The maximum atomic E-state index is 13.4. The summed E-state index contributed by atoms with van der Waals surface area (Å²) >= 11 is 0. The predicted molar refractivity (Wildman–Crippen MR) is 96.9 cm³/mol. The fourth-order valence-corrected chi connectivity index (χ4v) is 2.88. The number of allylic oxidation sites excluding steroid dienone is 1. The largest absolute Gasteiger partial charge is 0.444 e. The topological polar surface area (TPSA) is 46.6 Å². The van der Waals surface area contributed by atoms with E-state index in [1.54, 1.807) is 13.0 Å². The number of ether oxygens (including phenoxy) is 1. The molecular weight excluding hydrogens is 346 g/mol. The van der Waals surface area contributed by atoms with Crippen molar-refractivity contribution >= 4 is 34.9 Å². The maximum Gasteiger partial charge on any atom is 0.414 e. The summed E-state index contributed by atoms with van der Waals surface area (Å²) in [5.74, 6) is -0.432. The summed E-state index contributed by atoms with van der Waals surface area (Å²) in [6.45, 7) is 1.90. The fourth-order valence-electron chi connectivity index (χ4n) is 2.88. The molecule has 130 valence electrons. The normalized spacial score (nSPS) is 16.2. The van der Waals surface area contributed by atoms with Crippen molar-refractivity contribution in [1.29, 1.82) is 0 Å². The fraction of sp³-hybridized carbons (Fsp3) is 0.200. The van der Waals surface area contributed by atoms with Gasteiger partial charge in [-0.1, -0.05) is 36.4 Å². The number of carbonyl (C=O) groups excluding carboxylic acids is 2. The van der Waals surface area contributed by atoms with E-state index in [0.717, 1.165) is 11.1 Å². The lowest BCUT2D eigenvalue weighted by Crippen LogP contribution is -2.35. The molecule has 1 unspecified atom stereocenters. The van der Waals surface area contributed by atoms with Crippen LogP contribution >= 0.6 is 0 Å². The number of nitrogens with zero attached hydrogens (tertiary/aromatic N) is 1. The van der Waals surface area contributed by atoms with Crippen molar-refractivity contribution in [3.05, 3.63) is 83.3 Å². The zero-order chi connectivity index (χ0) is 17.8. The van der Waals surface area contributed by atoms with E-state index in [2.05, 4.69) is 0 Å². The van der Waals surface area contributed by atoms with Crippen molar-refractivity contribution in [2.24, 2.45) is 0 Å². The molecule has 3 rings (SSSR count). The Morgan fingerprint density at radius 2 is 1.96 bits per heavy atom. The van der Waals surface area contributed by atoms with Crippen molar-refractivity contribution in [3.8, 4) is 0 Å². The summed E-state index contributed by atoms with van der Waals surface area (Å²) in [4.78, 5) is 25.7. The Labute approximate surface area is 167 Å². The third kappa shape index (κ3) is 4.71. The van der Waals surface area contributed by atoms with Crippen LogP contribution in [0.5, 0.6) is 0 Å². The molecule has 1 aliphatic rings. The van der Waals surface area contributed by atoms with E-state index in [0.29, 0.717) is 5.56 Å². The van der Waals surface area contributed by atoms with Crippen LogP contribution in [0.1, 0.15) is 29.2 Å².